The summed E-state index contributed by atoms with van der Waals surface area (Å²) in [7, 11) is 1.79. The van der Waals surface area contributed by atoms with Crippen molar-refractivity contribution in [2.24, 2.45) is 7.05 Å². The second-order valence-electron chi connectivity index (χ2n) is 6.21. The van der Waals surface area contributed by atoms with E-state index in [1.165, 1.54) is 0 Å². The maximum absolute atomic E-state index is 12.3. The number of carbonyl (C=O) groups is 1. The van der Waals surface area contributed by atoms with Crippen molar-refractivity contribution in [1.29, 1.82) is 0 Å². The Hall–Kier alpha value is -3.19. The molecule has 0 radical (unpaired) electrons. The molecule has 2 N–H and O–H groups in total. The summed E-state index contributed by atoms with van der Waals surface area (Å²) in [5.74, 6) is 0.439. The molecule has 1 aromatic heterocycles. The van der Waals surface area contributed by atoms with Crippen molar-refractivity contribution in [3.63, 3.8) is 0 Å². The van der Waals surface area contributed by atoms with Crippen LogP contribution in [0.1, 0.15) is 23.1 Å². The number of carbonyl (C=O) groups excluding carboxylic acids is 1. The number of ether oxygens (including phenoxy) is 1. The fourth-order valence-corrected chi connectivity index (χ4v) is 2.94. The summed E-state index contributed by atoms with van der Waals surface area (Å²) in [5.41, 5.74) is 3.95. The number of anilines is 1. The van der Waals surface area contributed by atoms with Crippen molar-refractivity contribution in [2.75, 3.05) is 11.9 Å². The van der Waals surface area contributed by atoms with Crippen molar-refractivity contribution in [3.05, 3.63) is 66.0 Å². The number of rotatable bonds is 5. The summed E-state index contributed by atoms with van der Waals surface area (Å²) in [6.45, 7) is 4.40. The molecule has 0 saturated carbocycles. The highest BCUT2D eigenvalue weighted by Crippen LogP contribution is 2.32. The third-order valence-electron chi connectivity index (χ3n) is 4.20. The van der Waals surface area contributed by atoms with Crippen molar-refractivity contribution in [1.82, 2.24) is 15.1 Å². The number of aryl methyl sites for hydroxylation is 2. The van der Waals surface area contributed by atoms with Gasteiger partial charge in [0.15, 0.2) is 10.8 Å². The van der Waals surface area contributed by atoms with Crippen LogP contribution in [-0.4, -0.2) is 27.4 Å². The Morgan fingerprint density at radius 1 is 1.18 bits per heavy atom. The first kappa shape index (κ1) is 19.6. The highest BCUT2D eigenvalue weighted by molar-refractivity contribution is 7.80. The van der Waals surface area contributed by atoms with Crippen molar-refractivity contribution in [2.45, 2.75) is 13.8 Å². The van der Waals surface area contributed by atoms with Gasteiger partial charge in [0.1, 0.15) is 5.75 Å². The third kappa shape index (κ3) is 4.55. The van der Waals surface area contributed by atoms with E-state index in [-0.39, 0.29) is 11.0 Å². The second kappa shape index (κ2) is 8.67. The van der Waals surface area contributed by atoms with Gasteiger partial charge in [-0.05, 0) is 55.9 Å². The molecule has 0 fully saturated rings. The summed E-state index contributed by atoms with van der Waals surface area (Å²) >= 11 is 5.29. The minimum atomic E-state index is -0.351. The molecule has 0 atom stereocenters. The van der Waals surface area contributed by atoms with E-state index in [4.69, 9.17) is 17.0 Å². The summed E-state index contributed by atoms with van der Waals surface area (Å²) in [6.07, 6.45) is 0. The van der Waals surface area contributed by atoms with Crippen LogP contribution in [-0.2, 0) is 7.05 Å². The number of thiocarbonyl (C=S) groups is 1. The number of aromatic nitrogens is 2. The van der Waals surface area contributed by atoms with Gasteiger partial charge in [-0.2, -0.15) is 5.10 Å². The minimum Gasteiger partial charge on any atom is -0.493 e. The van der Waals surface area contributed by atoms with Gasteiger partial charge >= 0.3 is 0 Å². The molecule has 0 unspecified atom stereocenters. The fourth-order valence-electron chi connectivity index (χ4n) is 2.73. The Kier molecular flexibility index (Phi) is 6.06. The SMILES string of the molecule is CCOc1ccc(NC(=S)NC(=O)c2cc(C)n(C)n2)cc1-c1ccccc1. The lowest BCUT2D eigenvalue weighted by molar-refractivity contribution is 0.0972. The van der Waals surface area contributed by atoms with Gasteiger partial charge in [-0.3, -0.25) is 14.8 Å². The van der Waals surface area contributed by atoms with Crippen molar-refractivity contribution < 1.29 is 9.53 Å². The van der Waals surface area contributed by atoms with E-state index in [1.807, 2.05) is 62.4 Å². The topological polar surface area (TPSA) is 68.2 Å². The van der Waals surface area contributed by atoms with Crippen LogP contribution in [0.25, 0.3) is 11.1 Å². The van der Waals surface area contributed by atoms with Gasteiger partial charge in [0, 0.05) is 24.0 Å². The van der Waals surface area contributed by atoms with Crippen LogP contribution in [0.5, 0.6) is 5.75 Å². The van der Waals surface area contributed by atoms with Gasteiger partial charge in [0.05, 0.1) is 6.61 Å². The van der Waals surface area contributed by atoms with E-state index >= 15 is 0 Å². The van der Waals surface area contributed by atoms with E-state index in [1.54, 1.807) is 17.8 Å². The molecule has 6 nitrogen and oxygen atoms in total. The standard InChI is InChI=1S/C21H22N4O2S/c1-4-27-19-11-10-16(13-17(19)15-8-6-5-7-9-15)22-21(28)23-20(26)18-12-14(2)25(3)24-18/h5-13H,4H2,1-3H3,(H2,22,23,26,28). The van der Waals surface area contributed by atoms with E-state index in [9.17, 15) is 4.79 Å². The molecule has 0 bridgehead atoms. The molecule has 1 amide bonds. The van der Waals surface area contributed by atoms with Crippen molar-refractivity contribution in [3.8, 4) is 16.9 Å². The third-order valence-corrected chi connectivity index (χ3v) is 4.40. The molecular formula is C21H22N4O2S. The lowest BCUT2D eigenvalue weighted by Gasteiger charge is -2.14. The molecule has 28 heavy (non-hydrogen) atoms. The Labute approximate surface area is 169 Å². The average molecular weight is 395 g/mol. The molecule has 7 heteroatoms. The molecule has 0 aliphatic carbocycles. The van der Waals surface area contributed by atoms with Crippen LogP contribution in [0.3, 0.4) is 0 Å². The number of amides is 1. The van der Waals surface area contributed by atoms with Crippen LogP contribution in [0, 0.1) is 6.92 Å². The molecule has 144 valence electrons. The maximum atomic E-state index is 12.3. The van der Waals surface area contributed by atoms with E-state index in [0.717, 1.165) is 28.3 Å². The summed E-state index contributed by atoms with van der Waals surface area (Å²) in [4.78, 5) is 12.3. The highest BCUT2D eigenvalue weighted by Gasteiger charge is 2.13. The Morgan fingerprint density at radius 2 is 1.93 bits per heavy atom. The molecule has 3 aromatic rings. The van der Waals surface area contributed by atoms with Gasteiger partial charge < -0.3 is 10.1 Å². The monoisotopic (exact) mass is 394 g/mol. The molecule has 0 spiro atoms. The zero-order valence-electron chi connectivity index (χ0n) is 16.0. The first-order valence-electron chi connectivity index (χ1n) is 8.93. The lowest BCUT2D eigenvalue weighted by atomic mass is 10.0. The van der Waals surface area contributed by atoms with Crippen LogP contribution >= 0.6 is 12.2 Å². The first-order valence-corrected chi connectivity index (χ1v) is 9.34. The Morgan fingerprint density at radius 3 is 2.57 bits per heavy atom. The fraction of sp³-hybridized carbons (Fsp3) is 0.190. The van der Waals surface area contributed by atoms with Gasteiger partial charge in [-0.1, -0.05) is 30.3 Å². The molecule has 2 aromatic carbocycles. The highest BCUT2D eigenvalue weighted by atomic mass is 32.1. The molecule has 0 aliphatic heterocycles. The van der Waals surface area contributed by atoms with Crippen molar-refractivity contribution >= 4 is 28.9 Å². The first-order chi connectivity index (χ1) is 13.5. The number of benzene rings is 2. The normalized spacial score (nSPS) is 10.4. The van der Waals surface area contributed by atoms with E-state index in [2.05, 4.69) is 15.7 Å². The summed E-state index contributed by atoms with van der Waals surface area (Å²) in [5, 5.41) is 10.1. The van der Waals surface area contributed by atoms with Crippen LogP contribution in [0.2, 0.25) is 0 Å². The second-order valence-corrected chi connectivity index (χ2v) is 6.62. The largest absolute Gasteiger partial charge is 0.493 e. The van der Waals surface area contributed by atoms with Gasteiger partial charge in [-0.15, -0.1) is 0 Å². The van der Waals surface area contributed by atoms with Gasteiger partial charge in [-0.25, -0.2) is 0 Å². The summed E-state index contributed by atoms with van der Waals surface area (Å²) in [6, 6.07) is 17.4. The summed E-state index contributed by atoms with van der Waals surface area (Å²) < 4.78 is 7.39. The average Bonchev–Trinajstić information content (AvgIpc) is 3.02. The predicted octanol–water partition coefficient (Wildman–Crippen LogP) is 3.92. The minimum absolute atomic E-state index is 0.205. The molecular weight excluding hydrogens is 372 g/mol. The molecule has 0 aliphatic rings. The number of nitrogens with one attached hydrogen (secondary N) is 2. The molecule has 0 saturated heterocycles. The quantitative estimate of drug-likeness (QED) is 0.642. The van der Waals surface area contributed by atoms with Crippen LogP contribution in [0.15, 0.2) is 54.6 Å². The van der Waals surface area contributed by atoms with Gasteiger partial charge in [0.2, 0.25) is 0 Å². The zero-order chi connectivity index (χ0) is 20.1. The smallest absolute Gasteiger partial charge is 0.277 e. The lowest BCUT2D eigenvalue weighted by Crippen LogP contribution is -2.34. The number of hydrogen-bond donors (Lipinski definition) is 2. The Balaban J connectivity index is 1.76. The van der Waals surface area contributed by atoms with E-state index < -0.39 is 0 Å². The Bertz CT molecular complexity index is 979. The van der Waals surface area contributed by atoms with Gasteiger partial charge in [0.25, 0.3) is 5.91 Å². The van der Waals surface area contributed by atoms with Crippen LogP contribution in [0.4, 0.5) is 5.69 Å². The zero-order valence-corrected chi connectivity index (χ0v) is 16.8. The predicted molar refractivity (Wildman–Crippen MR) is 115 cm³/mol. The van der Waals surface area contributed by atoms with Crippen LogP contribution < -0.4 is 15.4 Å². The molecule has 3 rings (SSSR count). The number of hydrogen-bond acceptors (Lipinski definition) is 4. The van der Waals surface area contributed by atoms with E-state index in [0.29, 0.717) is 12.3 Å². The maximum Gasteiger partial charge on any atom is 0.277 e. The molecule has 1 heterocycles. The number of nitrogens with zero attached hydrogens (tertiary/aromatic N) is 2.